The second-order valence-electron chi connectivity index (χ2n) is 4.11. The molecule has 1 aromatic rings. The first-order chi connectivity index (χ1) is 6.33. The summed E-state index contributed by atoms with van der Waals surface area (Å²) >= 11 is 1.66. The standard InChI is InChI=1S/C9H13N3S/c1-5-11-12-9(13-5)10-8-3-2-6-4-7(6)8/h6-8H,2-4H2,1H3,(H,10,12). The fourth-order valence-electron chi connectivity index (χ4n) is 2.40. The van der Waals surface area contributed by atoms with Crippen LogP contribution in [0.3, 0.4) is 0 Å². The largest absolute Gasteiger partial charge is 0.357 e. The van der Waals surface area contributed by atoms with E-state index in [1.807, 2.05) is 6.92 Å². The van der Waals surface area contributed by atoms with Gasteiger partial charge < -0.3 is 5.32 Å². The number of aryl methyl sites for hydroxylation is 1. The van der Waals surface area contributed by atoms with Crippen LogP contribution in [0.4, 0.5) is 5.13 Å². The van der Waals surface area contributed by atoms with Gasteiger partial charge in [0.2, 0.25) is 5.13 Å². The third-order valence-electron chi connectivity index (χ3n) is 3.18. The molecule has 2 fully saturated rings. The molecule has 2 saturated carbocycles. The molecule has 70 valence electrons. The highest BCUT2D eigenvalue weighted by Gasteiger charge is 2.48. The van der Waals surface area contributed by atoms with Gasteiger partial charge in [0.25, 0.3) is 0 Å². The van der Waals surface area contributed by atoms with Gasteiger partial charge in [-0.1, -0.05) is 11.3 Å². The summed E-state index contributed by atoms with van der Waals surface area (Å²) in [4.78, 5) is 0. The first kappa shape index (κ1) is 7.74. The van der Waals surface area contributed by atoms with E-state index in [0.717, 1.165) is 22.0 Å². The molecule has 0 radical (unpaired) electrons. The highest BCUT2D eigenvalue weighted by atomic mass is 32.1. The molecule has 3 rings (SSSR count). The van der Waals surface area contributed by atoms with Gasteiger partial charge in [-0.05, 0) is 38.0 Å². The number of rotatable bonds is 2. The molecule has 2 aliphatic rings. The quantitative estimate of drug-likeness (QED) is 0.785. The van der Waals surface area contributed by atoms with Crippen molar-refractivity contribution < 1.29 is 0 Å². The third kappa shape index (κ3) is 1.33. The first-order valence-corrected chi connectivity index (χ1v) is 5.71. The van der Waals surface area contributed by atoms with Crippen molar-refractivity contribution in [3.8, 4) is 0 Å². The Morgan fingerprint density at radius 2 is 2.31 bits per heavy atom. The molecular weight excluding hydrogens is 182 g/mol. The lowest BCUT2D eigenvalue weighted by atomic mass is 10.2. The van der Waals surface area contributed by atoms with E-state index in [-0.39, 0.29) is 0 Å². The van der Waals surface area contributed by atoms with Crippen molar-refractivity contribution in [2.45, 2.75) is 32.2 Å². The molecule has 3 nitrogen and oxygen atoms in total. The van der Waals surface area contributed by atoms with Gasteiger partial charge in [0.1, 0.15) is 5.01 Å². The van der Waals surface area contributed by atoms with Crippen LogP contribution in [0.25, 0.3) is 0 Å². The highest BCUT2D eigenvalue weighted by molar-refractivity contribution is 7.15. The predicted molar refractivity (Wildman–Crippen MR) is 52.9 cm³/mol. The number of hydrogen-bond acceptors (Lipinski definition) is 4. The number of nitrogens with zero attached hydrogens (tertiary/aromatic N) is 2. The first-order valence-electron chi connectivity index (χ1n) is 4.89. The van der Waals surface area contributed by atoms with Crippen LogP contribution in [0.15, 0.2) is 0 Å². The van der Waals surface area contributed by atoms with E-state index < -0.39 is 0 Å². The topological polar surface area (TPSA) is 37.8 Å². The van der Waals surface area contributed by atoms with Crippen LogP contribution in [-0.2, 0) is 0 Å². The van der Waals surface area contributed by atoms with Crippen LogP contribution in [0.1, 0.15) is 24.3 Å². The Balaban J connectivity index is 1.68. The summed E-state index contributed by atoms with van der Waals surface area (Å²) in [6, 6.07) is 0.692. The summed E-state index contributed by atoms with van der Waals surface area (Å²) in [5.74, 6) is 1.98. The van der Waals surface area contributed by atoms with E-state index in [2.05, 4.69) is 15.5 Å². The zero-order valence-corrected chi connectivity index (χ0v) is 8.47. The molecule has 0 aliphatic heterocycles. The van der Waals surface area contributed by atoms with Gasteiger partial charge in [0.05, 0.1) is 0 Å². The van der Waals surface area contributed by atoms with Gasteiger partial charge in [-0.25, -0.2) is 0 Å². The summed E-state index contributed by atoms with van der Waals surface area (Å²) in [5, 5.41) is 13.6. The van der Waals surface area contributed by atoms with Crippen LogP contribution < -0.4 is 5.32 Å². The van der Waals surface area contributed by atoms with Crippen molar-refractivity contribution in [1.29, 1.82) is 0 Å². The predicted octanol–water partition coefficient (Wildman–Crippen LogP) is 2.06. The zero-order valence-electron chi connectivity index (χ0n) is 7.66. The molecule has 4 heteroatoms. The van der Waals surface area contributed by atoms with E-state index >= 15 is 0 Å². The van der Waals surface area contributed by atoms with E-state index in [9.17, 15) is 0 Å². The molecule has 3 atom stereocenters. The average molecular weight is 195 g/mol. The van der Waals surface area contributed by atoms with Gasteiger partial charge in [0, 0.05) is 6.04 Å². The van der Waals surface area contributed by atoms with Crippen molar-refractivity contribution in [1.82, 2.24) is 10.2 Å². The van der Waals surface area contributed by atoms with Crippen LogP contribution >= 0.6 is 11.3 Å². The molecule has 3 unspecified atom stereocenters. The lowest BCUT2D eigenvalue weighted by Crippen LogP contribution is -2.18. The number of nitrogens with one attached hydrogen (secondary N) is 1. The zero-order chi connectivity index (χ0) is 8.84. The fourth-order valence-corrected chi connectivity index (χ4v) is 3.05. The van der Waals surface area contributed by atoms with Gasteiger partial charge in [0.15, 0.2) is 0 Å². The van der Waals surface area contributed by atoms with Crippen LogP contribution in [0.5, 0.6) is 0 Å². The highest BCUT2D eigenvalue weighted by Crippen LogP contribution is 2.52. The molecule has 1 N–H and O–H groups in total. The monoisotopic (exact) mass is 195 g/mol. The second kappa shape index (κ2) is 2.67. The maximum Gasteiger partial charge on any atom is 0.205 e. The number of hydrogen-bond donors (Lipinski definition) is 1. The molecule has 0 spiro atoms. The minimum Gasteiger partial charge on any atom is -0.357 e. The number of fused-ring (bicyclic) bond motifs is 1. The van der Waals surface area contributed by atoms with Crippen LogP contribution in [0, 0.1) is 18.8 Å². The van der Waals surface area contributed by atoms with E-state index in [1.54, 1.807) is 11.3 Å². The summed E-state index contributed by atoms with van der Waals surface area (Å²) in [7, 11) is 0. The minimum absolute atomic E-state index is 0.692. The average Bonchev–Trinajstić information content (AvgIpc) is 2.63. The normalized spacial score (nSPS) is 35.9. The van der Waals surface area contributed by atoms with E-state index in [0.29, 0.717) is 6.04 Å². The molecule has 0 aromatic carbocycles. The van der Waals surface area contributed by atoms with E-state index in [1.165, 1.54) is 19.3 Å². The molecule has 1 heterocycles. The van der Waals surface area contributed by atoms with Crippen molar-refractivity contribution >= 4 is 16.5 Å². The summed E-state index contributed by atoms with van der Waals surface area (Å²) < 4.78 is 0. The molecule has 2 aliphatic carbocycles. The third-order valence-corrected chi connectivity index (χ3v) is 3.95. The summed E-state index contributed by atoms with van der Waals surface area (Å²) in [5.41, 5.74) is 0. The molecular formula is C9H13N3S. The van der Waals surface area contributed by atoms with Gasteiger partial charge in [-0.2, -0.15) is 0 Å². The Labute approximate surface area is 81.6 Å². The maximum absolute atomic E-state index is 4.09. The molecule has 13 heavy (non-hydrogen) atoms. The lowest BCUT2D eigenvalue weighted by Gasteiger charge is -2.11. The van der Waals surface area contributed by atoms with E-state index in [4.69, 9.17) is 0 Å². The Morgan fingerprint density at radius 1 is 1.38 bits per heavy atom. The SMILES string of the molecule is Cc1nnc(NC2CCC3CC32)s1. The Morgan fingerprint density at radius 3 is 2.85 bits per heavy atom. The lowest BCUT2D eigenvalue weighted by molar-refractivity contribution is 0.652. The molecule has 0 bridgehead atoms. The smallest absolute Gasteiger partial charge is 0.205 e. The maximum atomic E-state index is 4.09. The van der Waals surface area contributed by atoms with Crippen molar-refractivity contribution in [3.05, 3.63) is 5.01 Å². The van der Waals surface area contributed by atoms with Crippen molar-refractivity contribution in [2.24, 2.45) is 11.8 Å². The Bertz CT molecular complexity index is 322. The summed E-state index contributed by atoms with van der Waals surface area (Å²) in [6.45, 7) is 2.00. The summed E-state index contributed by atoms with van der Waals surface area (Å²) in [6.07, 6.45) is 4.18. The minimum atomic E-state index is 0.692. The number of aromatic nitrogens is 2. The van der Waals surface area contributed by atoms with Crippen LogP contribution in [-0.4, -0.2) is 16.2 Å². The number of anilines is 1. The fraction of sp³-hybridized carbons (Fsp3) is 0.778. The molecule has 1 aromatic heterocycles. The van der Waals surface area contributed by atoms with Gasteiger partial charge in [-0.3, -0.25) is 0 Å². The Kier molecular flexibility index (Phi) is 1.59. The molecule has 0 saturated heterocycles. The van der Waals surface area contributed by atoms with Gasteiger partial charge >= 0.3 is 0 Å². The van der Waals surface area contributed by atoms with Crippen molar-refractivity contribution in [2.75, 3.05) is 5.32 Å². The van der Waals surface area contributed by atoms with Gasteiger partial charge in [-0.15, -0.1) is 10.2 Å². The Hall–Kier alpha value is -0.640. The van der Waals surface area contributed by atoms with Crippen molar-refractivity contribution in [3.63, 3.8) is 0 Å². The second-order valence-corrected chi connectivity index (χ2v) is 5.30. The molecule has 0 amide bonds. The van der Waals surface area contributed by atoms with Crippen LogP contribution in [0.2, 0.25) is 0 Å².